The fraction of sp³-hybridized carbons (Fsp3) is 0.0784. The Morgan fingerprint density at radius 3 is 1.22 bits per heavy atom. The van der Waals surface area contributed by atoms with Gasteiger partial charge < -0.3 is 9.13 Å². The summed E-state index contributed by atoms with van der Waals surface area (Å²) in [4.78, 5) is 5.05. The lowest BCUT2D eigenvalue weighted by Crippen LogP contribution is -1.99. The molecule has 0 aliphatic rings. The standard InChI is InChI=1S/C51H39N3/c1-32-24-26-36(53-47-20-9-5-14-41(47)42-15-6-10-21-48(42)53)30-45(32)38-18-13-19-40(34(38)3)51-35(4)39(28-29-52-51)46-31-37(27-25-33(46)2)54-49-22-11-7-16-43(49)44-17-8-12-23-50(44)54/h5-31H,1-4H3. The van der Waals surface area contributed by atoms with Crippen molar-refractivity contribution in [3.63, 3.8) is 0 Å². The second-order valence-electron chi connectivity index (χ2n) is 14.5. The van der Waals surface area contributed by atoms with Gasteiger partial charge in [0.15, 0.2) is 0 Å². The second-order valence-corrected chi connectivity index (χ2v) is 14.5. The van der Waals surface area contributed by atoms with Gasteiger partial charge >= 0.3 is 0 Å². The quantitative estimate of drug-likeness (QED) is 0.176. The van der Waals surface area contributed by atoms with Gasteiger partial charge in [0.2, 0.25) is 0 Å². The summed E-state index contributed by atoms with van der Waals surface area (Å²) in [5.74, 6) is 0. The molecule has 258 valence electrons. The van der Waals surface area contributed by atoms with Crippen molar-refractivity contribution in [1.82, 2.24) is 14.1 Å². The normalized spacial score (nSPS) is 11.7. The van der Waals surface area contributed by atoms with E-state index in [9.17, 15) is 0 Å². The first kappa shape index (κ1) is 32.0. The number of hydrogen-bond donors (Lipinski definition) is 0. The molecule has 0 radical (unpaired) electrons. The maximum atomic E-state index is 5.05. The van der Waals surface area contributed by atoms with Crippen molar-refractivity contribution in [1.29, 1.82) is 0 Å². The highest BCUT2D eigenvalue weighted by Crippen LogP contribution is 2.40. The van der Waals surface area contributed by atoms with Crippen LogP contribution in [0.5, 0.6) is 0 Å². The van der Waals surface area contributed by atoms with Crippen LogP contribution in [-0.2, 0) is 0 Å². The van der Waals surface area contributed by atoms with Gasteiger partial charge in [0.05, 0.1) is 27.8 Å². The van der Waals surface area contributed by atoms with Gasteiger partial charge in [-0.25, -0.2) is 0 Å². The van der Waals surface area contributed by atoms with Gasteiger partial charge in [-0.15, -0.1) is 0 Å². The highest BCUT2D eigenvalue weighted by Gasteiger charge is 2.19. The van der Waals surface area contributed by atoms with Crippen molar-refractivity contribution < 1.29 is 0 Å². The predicted octanol–water partition coefficient (Wildman–Crippen LogP) is 13.5. The van der Waals surface area contributed by atoms with Gasteiger partial charge in [0, 0.05) is 44.7 Å². The van der Waals surface area contributed by atoms with Crippen LogP contribution < -0.4 is 0 Å². The molecule has 0 atom stereocenters. The number of benzene rings is 7. The van der Waals surface area contributed by atoms with E-state index in [2.05, 4.69) is 195 Å². The van der Waals surface area contributed by atoms with Crippen LogP contribution in [-0.4, -0.2) is 14.1 Å². The summed E-state index contributed by atoms with van der Waals surface area (Å²) in [5, 5.41) is 5.07. The van der Waals surface area contributed by atoms with E-state index in [-0.39, 0.29) is 0 Å². The van der Waals surface area contributed by atoms with Crippen molar-refractivity contribution in [2.24, 2.45) is 0 Å². The Kier molecular flexibility index (Phi) is 7.38. The largest absolute Gasteiger partial charge is 0.309 e. The Hall–Kier alpha value is -6.71. The maximum Gasteiger partial charge on any atom is 0.0740 e. The summed E-state index contributed by atoms with van der Waals surface area (Å²) < 4.78 is 4.80. The second kappa shape index (κ2) is 12.5. The molecule has 0 spiro atoms. The molecule has 0 N–H and O–H groups in total. The Bertz CT molecular complexity index is 2780. The van der Waals surface area contributed by atoms with Crippen molar-refractivity contribution in [3.8, 4) is 44.9 Å². The van der Waals surface area contributed by atoms with Gasteiger partial charge in [-0.05, 0) is 127 Å². The SMILES string of the molecule is Cc1ccc(-n2c3ccccc3c3ccccc32)cc1-c1cccc(-c2nccc(-c3cc(-n4c5ccccc5c5ccccc54)ccc3C)c2C)c1C. The van der Waals surface area contributed by atoms with E-state index in [0.29, 0.717) is 0 Å². The van der Waals surface area contributed by atoms with Crippen LogP contribution in [0, 0.1) is 27.7 Å². The molecule has 0 fully saturated rings. The zero-order chi connectivity index (χ0) is 36.5. The minimum absolute atomic E-state index is 1.02. The molecule has 10 rings (SSSR count). The van der Waals surface area contributed by atoms with Crippen LogP contribution in [0.4, 0.5) is 0 Å². The van der Waals surface area contributed by atoms with Crippen LogP contribution >= 0.6 is 0 Å². The van der Waals surface area contributed by atoms with Gasteiger partial charge in [-0.1, -0.05) is 103 Å². The Labute approximate surface area is 315 Å². The predicted molar refractivity (Wildman–Crippen MR) is 228 cm³/mol. The minimum atomic E-state index is 1.02. The molecule has 0 saturated carbocycles. The van der Waals surface area contributed by atoms with Gasteiger partial charge in [0.25, 0.3) is 0 Å². The van der Waals surface area contributed by atoms with Gasteiger partial charge in [-0.3, -0.25) is 4.98 Å². The lowest BCUT2D eigenvalue weighted by Gasteiger charge is -2.19. The average Bonchev–Trinajstić information content (AvgIpc) is 3.72. The average molecular weight is 694 g/mol. The van der Waals surface area contributed by atoms with E-state index in [1.54, 1.807) is 0 Å². The van der Waals surface area contributed by atoms with Crippen molar-refractivity contribution >= 4 is 43.6 Å². The van der Waals surface area contributed by atoms with Crippen LogP contribution in [0.25, 0.3) is 88.5 Å². The van der Waals surface area contributed by atoms with Crippen molar-refractivity contribution in [2.75, 3.05) is 0 Å². The highest BCUT2D eigenvalue weighted by atomic mass is 15.0. The highest BCUT2D eigenvalue weighted by molar-refractivity contribution is 6.10. The summed E-state index contributed by atoms with van der Waals surface area (Å²) in [6.07, 6.45) is 1.98. The van der Waals surface area contributed by atoms with E-state index < -0.39 is 0 Å². The van der Waals surface area contributed by atoms with E-state index in [1.165, 1.54) is 88.1 Å². The summed E-state index contributed by atoms with van der Waals surface area (Å²) in [6, 6.07) is 57.4. The Balaban J connectivity index is 1.09. The third-order valence-electron chi connectivity index (χ3n) is 11.5. The van der Waals surface area contributed by atoms with Gasteiger partial charge in [0.1, 0.15) is 0 Å². The first-order valence-corrected chi connectivity index (χ1v) is 18.7. The maximum absolute atomic E-state index is 5.05. The summed E-state index contributed by atoms with van der Waals surface area (Å²) >= 11 is 0. The first-order valence-electron chi connectivity index (χ1n) is 18.7. The van der Waals surface area contributed by atoms with E-state index in [0.717, 1.165) is 22.6 Å². The molecular formula is C51H39N3. The molecule has 54 heavy (non-hydrogen) atoms. The molecule has 0 bridgehead atoms. The number of rotatable bonds is 5. The number of nitrogens with zero attached hydrogens (tertiary/aromatic N) is 3. The molecule has 7 aromatic carbocycles. The summed E-state index contributed by atoms with van der Waals surface area (Å²) in [5.41, 5.74) is 19.1. The van der Waals surface area contributed by atoms with Crippen molar-refractivity contribution in [3.05, 3.63) is 186 Å². The van der Waals surface area contributed by atoms with E-state index in [4.69, 9.17) is 4.98 Å². The lowest BCUT2D eigenvalue weighted by molar-refractivity contribution is 1.17. The zero-order valence-electron chi connectivity index (χ0n) is 30.9. The van der Waals surface area contributed by atoms with Crippen LogP contribution in [0.2, 0.25) is 0 Å². The summed E-state index contributed by atoms with van der Waals surface area (Å²) in [6.45, 7) is 8.90. The monoisotopic (exact) mass is 693 g/mol. The molecule has 0 unspecified atom stereocenters. The number of aromatic nitrogens is 3. The number of pyridine rings is 1. The van der Waals surface area contributed by atoms with Crippen molar-refractivity contribution in [2.45, 2.75) is 27.7 Å². The lowest BCUT2D eigenvalue weighted by atomic mass is 9.89. The van der Waals surface area contributed by atoms with Gasteiger partial charge in [-0.2, -0.15) is 0 Å². The molecule has 3 heteroatoms. The fourth-order valence-corrected chi connectivity index (χ4v) is 8.76. The Morgan fingerprint density at radius 2 is 0.759 bits per heavy atom. The molecule has 3 heterocycles. The third-order valence-corrected chi connectivity index (χ3v) is 11.5. The van der Waals surface area contributed by atoms with Crippen LogP contribution in [0.15, 0.2) is 164 Å². The topological polar surface area (TPSA) is 22.8 Å². The molecule has 3 aromatic heterocycles. The molecule has 0 aliphatic carbocycles. The molecule has 0 aliphatic heterocycles. The molecule has 3 nitrogen and oxygen atoms in total. The van der Waals surface area contributed by atoms with E-state index >= 15 is 0 Å². The third kappa shape index (κ3) is 4.85. The Morgan fingerprint density at radius 1 is 0.352 bits per heavy atom. The van der Waals surface area contributed by atoms with E-state index in [1.807, 2.05) is 6.20 Å². The minimum Gasteiger partial charge on any atom is -0.309 e. The molecule has 10 aromatic rings. The molecular weight excluding hydrogens is 655 g/mol. The summed E-state index contributed by atoms with van der Waals surface area (Å²) in [7, 11) is 0. The smallest absolute Gasteiger partial charge is 0.0740 e. The van der Waals surface area contributed by atoms with Crippen LogP contribution in [0.1, 0.15) is 22.3 Å². The number of hydrogen-bond acceptors (Lipinski definition) is 1. The first-order chi connectivity index (χ1) is 26.5. The number of fused-ring (bicyclic) bond motifs is 6. The number of aryl methyl sites for hydroxylation is 2. The fourth-order valence-electron chi connectivity index (χ4n) is 8.76. The number of para-hydroxylation sites is 4. The molecule has 0 amide bonds. The zero-order valence-corrected chi connectivity index (χ0v) is 30.9. The molecule has 0 saturated heterocycles. The van der Waals surface area contributed by atoms with Crippen LogP contribution in [0.3, 0.4) is 0 Å².